The number of hydrogen-bond acceptors (Lipinski definition) is 1. The van der Waals surface area contributed by atoms with Crippen LogP contribution in [-0.4, -0.2) is 9.78 Å². The van der Waals surface area contributed by atoms with Gasteiger partial charge in [0.05, 0.1) is 21.4 Å². The number of halogens is 4. The molecule has 1 heterocycles. The average Bonchev–Trinajstić information content (AvgIpc) is 3.00. The van der Waals surface area contributed by atoms with Gasteiger partial charge in [-0.25, -0.2) is 13.5 Å². The molecule has 0 N–H and O–H groups in total. The van der Waals surface area contributed by atoms with E-state index in [1.165, 1.54) is 24.3 Å². The molecule has 0 spiro atoms. The Morgan fingerprint density at radius 1 is 0.704 bits per heavy atom. The van der Waals surface area contributed by atoms with Crippen LogP contribution in [-0.2, 0) is 0 Å². The summed E-state index contributed by atoms with van der Waals surface area (Å²) in [5.41, 5.74) is 3.03. The van der Waals surface area contributed by atoms with Crippen LogP contribution in [0.2, 0.25) is 10.0 Å². The minimum atomic E-state index is -0.350. The summed E-state index contributed by atoms with van der Waals surface area (Å²) in [6.07, 6.45) is 0. The molecule has 1 aromatic heterocycles. The summed E-state index contributed by atoms with van der Waals surface area (Å²) in [5.74, 6) is -0.698. The molecule has 0 fully saturated rings. The number of hydrogen-bond donors (Lipinski definition) is 0. The summed E-state index contributed by atoms with van der Waals surface area (Å²) in [5, 5.41) is 5.48. The molecule has 0 radical (unpaired) electrons. The van der Waals surface area contributed by atoms with Gasteiger partial charge in [0.2, 0.25) is 0 Å². The van der Waals surface area contributed by atoms with Crippen molar-refractivity contribution in [3.63, 3.8) is 0 Å². The first-order valence-corrected chi connectivity index (χ1v) is 8.85. The molecule has 27 heavy (non-hydrogen) atoms. The molecule has 6 heteroatoms. The predicted octanol–water partition coefficient (Wildman–Crippen LogP) is 6.79. The van der Waals surface area contributed by atoms with Gasteiger partial charge < -0.3 is 0 Å². The highest BCUT2D eigenvalue weighted by Crippen LogP contribution is 2.39. The monoisotopic (exact) mass is 400 g/mol. The molecule has 134 valence electrons. The van der Waals surface area contributed by atoms with E-state index in [9.17, 15) is 8.78 Å². The van der Waals surface area contributed by atoms with Crippen LogP contribution in [0, 0.1) is 11.6 Å². The second kappa shape index (κ2) is 7.14. The molecule has 0 aliphatic rings. The number of nitrogens with zero attached hydrogens (tertiary/aromatic N) is 2. The maximum atomic E-state index is 13.4. The number of aromatic nitrogens is 2. The molecular weight excluding hydrogens is 389 g/mol. The quantitative estimate of drug-likeness (QED) is 0.370. The molecule has 0 aliphatic heterocycles. The molecule has 2 nitrogen and oxygen atoms in total. The SMILES string of the molecule is Fc1ccc(-c2nn(-c3ccccc3Cl)c(-c3ccc(F)cc3)c2Cl)cc1. The Morgan fingerprint density at radius 3 is 1.85 bits per heavy atom. The van der Waals surface area contributed by atoms with Crippen molar-refractivity contribution in [2.45, 2.75) is 0 Å². The van der Waals surface area contributed by atoms with Crippen LogP contribution in [0.25, 0.3) is 28.2 Å². The van der Waals surface area contributed by atoms with Crippen LogP contribution in [0.5, 0.6) is 0 Å². The van der Waals surface area contributed by atoms with E-state index in [0.29, 0.717) is 38.2 Å². The van der Waals surface area contributed by atoms with Crippen LogP contribution in [0.1, 0.15) is 0 Å². The lowest BCUT2D eigenvalue weighted by atomic mass is 10.1. The number of rotatable bonds is 3. The Hall–Kier alpha value is -2.69. The summed E-state index contributed by atoms with van der Waals surface area (Å²) in [4.78, 5) is 0. The third-order valence-corrected chi connectivity index (χ3v) is 4.82. The Morgan fingerprint density at radius 2 is 1.26 bits per heavy atom. The minimum Gasteiger partial charge on any atom is -0.229 e. The largest absolute Gasteiger partial charge is 0.229 e. The van der Waals surface area contributed by atoms with Gasteiger partial charge in [-0.1, -0.05) is 35.3 Å². The highest BCUT2D eigenvalue weighted by molar-refractivity contribution is 6.36. The first-order valence-electron chi connectivity index (χ1n) is 8.10. The van der Waals surface area contributed by atoms with Gasteiger partial charge in [0.15, 0.2) is 0 Å². The molecular formula is C21H12Cl2F2N2. The minimum absolute atomic E-state index is 0.348. The fourth-order valence-electron chi connectivity index (χ4n) is 2.85. The molecule has 0 unspecified atom stereocenters. The fraction of sp³-hybridized carbons (Fsp3) is 0. The van der Waals surface area contributed by atoms with Crippen LogP contribution in [0.15, 0.2) is 72.8 Å². The topological polar surface area (TPSA) is 17.8 Å². The Bertz CT molecular complexity index is 1100. The van der Waals surface area contributed by atoms with E-state index in [2.05, 4.69) is 5.10 Å². The van der Waals surface area contributed by atoms with Crippen molar-refractivity contribution in [2.75, 3.05) is 0 Å². The molecule has 0 amide bonds. The van der Waals surface area contributed by atoms with E-state index in [0.717, 1.165) is 0 Å². The third-order valence-electron chi connectivity index (χ3n) is 4.14. The molecule has 4 aromatic rings. The second-order valence-electron chi connectivity index (χ2n) is 5.89. The highest BCUT2D eigenvalue weighted by Gasteiger charge is 2.21. The zero-order valence-corrected chi connectivity index (χ0v) is 15.3. The standard InChI is InChI=1S/C21H12Cl2F2N2/c22-17-3-1-2-4-18(17)27-21(14-7-11-16(25)12-8-14)19(23)20(26-27)13-5-9-15(24)10-6-13/h1-12H. The van der Waals surface area contributed by atoms with Crippen molar-refractivity contribution in [1.82, 2.24) is 9.78 Å². The van der Waals surface area contributed by atoms with Crippen LogP contribution in [0.4, 0.5) is 8.78 Å². The first kappa shape index (κ1) is 17.7. The summed E-state index contributed by atoms with van der Waals surface area (Å²) >= 11 is 13.0. The zero-order valence-electron chi connectivity index (χ0n) is 13.8. The van der Waals surface area contributed by atoms with E-state index in [1.54, 1.807) is 35.0 Å². The summed E-state index contributed by atoms with van der Waals surface area (Å²) < 4.78 is 28.3. The summed E-state index contributed by atoms with van der Waals surface area (Å²) in [6.45, 7) is 0. The van der Waals surface area contributed by atoms with Crippen molar-refractivity contribution in [1.29, 1.82) is 0 Å². The average molecular weight is 401 g/mol. The van der Waals surface area contributed by atoms with E-state index in [1.807, 2.05) is 18.2 Å². The number of benzene rings is 3. The third kappa shape index (κ3) is 3.34. The lowest BCUT2D eigenvalue weighted by molar-refractivity contribution is 0.627. The van der Waals surface area contributed by atoms with Crippen molar-refractivity contribution < 1.29 is 8.78 Å². The Kier molecular flexibility index (Phi) is 4.68. The van der Waals surface area contributed by atoms with Crippen LogP contribution < -0.4 is 0 Å². The highest BCUT2D eigenvalue weighted by atomic mass is 35.5. The van der Waals surface area contributed by atoms with Gasteiger partial charge in [-0.3, -0.25) is 0 Å². The smallest absolute Gasteiger partial charge is 0.123 e. The maximum absolute atomic E-state index is 13.4. The molecule has 0 saturated heterocycles. The molecule has 4 rings (SSSR count). The van der Waals surface area contributed by atoms with Crippen LogP contribution >= 0.6 is 23.2 Å². The van der Waals surface area contributed by atoms with Gasteiger partial charge in [-0.15, -0.1) is 0 Å². The molecule has 0 atom stereocenters. The molecule has 0 saturated carbocycles. The Labute approximate surface area is 164 Å². The van der Waals surface area contributed by atoms with Crippen molar-refractivity contribution in [3.05, 3.63) is 94.5 Å². The predicted molar refractivity (Wildman–Crippen MR) is 104 cm³/mol. The van der Waals surface area contributed by atoms with Gasteiger partial charge in [-0.2, -0.15) is 5.10 Å². The molecule has 3 aromatic carbocycles. The molecule has 0 bridgehead atoms. The Balaban J connectivity index is 1.99. The second-order valence-corrected chi connectivity index (χ2v) is 6.67. The summed E-state index contributed by atoms with van der Waals surface area (Å²) in [6, 6.07) is 19.1. The van der Waals surface area contributed by atoms with Gasteiger partial charge >= 0.3 is 0 Å². The van der Waals surface area contributed by atoms with Crippen molar-refractivity contribution in [3.8, 4) is 28.2 Å². The lowest BCUT2D eigenvalue weighted by Gasteiger charge is -2.09. The summed E-state index contributed by atoms with van der Waals surface area (Å²) in [7, 11) is 0. The van der Waals surface area contributed by atoms with E-state index in [4.69, 9.17) is 23.2 Å². The van der Waals surface area contributed by atoms with E-state index >= 15 is 0 Å². The van der Waals surface area contributed by atoms with Gasteiger partial charge in [0, 0.05) is 11.1 Å². The van der Waals surface area contributed by atoms with Gasteiger partial charge in [0.1, 0.15) is 17.3 Å². The van der Waals surface area contributed by atoms with Gasteiger partial charge in [0.25, 0.3) is 0 Å². The number of para-hydroxylation sites is 1. The van der Waals surface area contributed by atoms with E-state index in [-0.39, 0.29) is 11.6 Å². The maximum Gasteiger partial charge on any atom is 0.123 e. The zero-order chi connectivity index (χ0) is 19.0. The van der Waals surface area contributed by atoms with E-state index < -0.39 is 0 Å². The fourth-order valence-corrected chi connectivity index (χ4v) is 3.40. The van der Waals surface area contributed by atoms with Crippen molar-refractivity contribution >= 4 is 23.2 Å². The van der Waals surface area contributed by atoms with Crippen molar-refractivity contribution in [2.24, 2.45) is 0 Å². The first-order chi connectivity index (χ1) is 13.0. The van der Waals surface area contributed by atoms with Crippen LogP contribution in [0.3, 0.4) is 0 Å². The normalized spacial score (nSPS) is 11.0. The van der Waals surface area contributed by atoms with Gasteiger partial charge in [-0.05, 0) is 60.7 Å². The molecule has 0 aliphatic carbocycles. The lowest BCUT2D eigenvalue weighted by Crippen LogP contribution is -2.00.